The van der Waals surface area contributed by atoms with Gasteiger partial charge in [0, 0.05) is 32.5 Å². The van der Waals surface area contributed by atoms with E-state index in [0.717, 1.165) is 18.4 Å². The first-order chi connectivity index (χ1) is 13.6. The first-order valence-corrected chi connectivity index (χ1v) is 10.7. The fourth-order valence-electron chi connectivity index (χ4n) is 3.66. The van der Waals surface area contributed by atoms with Crippen molar-refractivity contribution in [1.29, 1.82) is 0 Å². The van der Waals surface area contributed by atoms with Crippen molar-refractivity contribution < 1.29 is 14.4 Å². The van der Waals surface area contributed by atoms with Gasteiger partial charge in [-0.05, 0) is 42.3 Å². The number of hydrogen-bond acceptors (Lipinski definition) is 4. The fourth-order valence-corrected chi connectivity index (χ4v) is 4.36. The molecular formula is C22H26N2O3S. The van der Waals surface area contributed by atoms with Crippen LogP contribution >= 0.6 is 11.3 Å². The van der Waals surface area contributed by atoms with Gasteiger partial charge in [0.05, 0.1) is 10.8 Å². The quantitative estimate of drug-likeness (QED) is 0.659. The average Bonchev–Trinajstić information content (AvgIpc) is 3.39. The number of aryl methyl sites for hydroxylation is 1. The number of carbonyl (C=O) groups is 3. The predicted octanol–water partition coefficient (Wildman–Crippen LogP) is 3.41. The van der Waals surface area contributed by atoms with Crippen molar-refractivity contribution in [2.45, 2.75) is 38.5 Å². The molecule has 0 saturated carbocycles. The molecule has 3 rings (SSSR count). The highest BCUT2D eigenvalue weighted by Crippen LogP contribution is 2.34. The van der Waals surface area contributed by atoms with E-state index in [4.69, 9.17) is 0 Å². The number of fused-ring (bicyclic) bond motifs is 1. The van der Waals surface area contributed by atoms with E-state index < -0.39 is 0 Å². The van der Waals surface area contributed by atoms with Crippen LogP contribution in [0.2, 0.25) is 0 Å². The SMILES string of the molecule is CCN(CCNC(=O)CCC(=O)c1cccs1)C(=O)[C@@H]1CCc2ccccc21. The van der Waals surface area contributed by atoms with Gasteiger partial charge < -0.3 is 10.2 Å². The number of benzene rings is 1. The van der Waals surface area contributed by atoms with E-state index in [1.807, 2.05) is 41.5 Å². The Balaban J connectivity index is 1.43. The molecule has 1 aliphatic rings. The molecule has 6 heteroatoms. The van der Waals surface area contributed by atoms with Crippen molar-refractivity contribution in [2.75, 3.05) is 19.6 Å². The van der Waals surface area contributed by atoms with Gasteiger partial charge in [0.25, 0.3) is 0 Å². The van der Waals surface area contributed by atoms with Crippen LogP contribution in [0, 0.1) is 0 Å². The van der Waals surface area contributed by atoms with E-state index >= 15 is 0 Å². The summed E-state index contributed by atoms with van der Waals surface area (Å²) in [4.78, 5) is 39.4. The van der Waals surface area contributed by atoms with Crippen LogP contribution < -0.4 is 5.32 Å². The van der Waals surface area contributed by atoms with Crippen molar-refractivity contribution >= 4 is 28.9 Å². The van der Waals surface area contributed by atoms with Crippen molar-refractivity contribution in [1.82, 2.24) is 10.2 Å². The van der Waals surface area contributed by atoms with Gasteiger partial charge in [-0.2, -0.15) is 0 Å². The van der Waals surface area contributed by atoms with Crippen LogP contribution in [-0.2, 0) is 16.0 Å². The highest BCUT2D eigenvalue weighted by Gasteiger charge is 2.30. The summed E-state index contributed by atoms with van der Waals surface area (Å²) in [6.45, 7) is 3.46. The third-order valence-corrected chi connectivity index (χ3v) is 6.11. The first-order valence-electron chi connectivity index (χ1n) is 9.80. The maximum Gasteiger partial charge on any atom is 0.230 e. The fraction of sp³-hybridized carbons (Fsp3) is 0.409. The lowest BCUT2D eigenvalue weighted by molar-refractivity contribution is -0.133. The van der Waals surface area contributed by atoms with Crippen LogP contribution in [0.25, 0.3) is 0 Å². The number of amides is 2. The number of rotatable bonds is 9. The van der Waals surface area contributed by atoms with Gasteiger partial charge in [-0.15, -0.1) is 11.3 Å². The van der Waals surface area contributed by atoms with Gasteiger partial charge in [0.15, 0.2) is 5.78 Å². The van der Waals surface area contributed by atoms with E-state index in [9.17, 15) is 14.4 Å². The number of Topliss-reactive ketones (excluding diaryl/α,β-unsaturated/α-hetero) is 1. The lowest BCUT2D eigenvalue weighted by Gasteiger charge is -2.25. The molecule has 1 aliphatic carbocycles. The Morgan fingerprint density at radius 2 is 1.96 bits per heavy atom. The third-order valence-electron chi connectivity index (χ3n) is 5.20. The smallest absolute Gasteiger partial charge is 0.230 e. The summed E-state index contributed by atoms with van der Waals surface area (Å²) < 4.78 is 0. The molecule has 28 heavy (non-hydrogen) atoms. The minimum atomic E-state index is -0.153. The zero-order valence-corrected chi connectivity index (χ0v) is 17.0. The number of carbonyl (C=O) groups excluding carboxylic acids is 3. The molecule has 0 fully saturated rings. The molecule has 2 amide bonds. The van der Waals surface area contributed by atoms with Crippen molar-refractivity contribution in [2.24, 2.45) is 0 Å². The minimum Gasteiger partial charge on any atom is -0.354 e. The Bertz CT molecular complexity index is 832. The molecule has 0 unspecified atom stereocenters. The molecule has 1 N–H and O–H groups in total. The van der Waals surface area contributed by atoms with Crippen LogP contribution in [0.1, 0.15) is 52.9 Å². The summed E-state index contributed by atoms with van der Waals surface area (Å²) in [5.74, 6) is -0.0973. The largest absolute Gasteiger partial charge is 0.354 e. The van der Waals surface area contributed by atoms with E-state index in [2.05, 4.69) is 11.4 Å². The molecule has 1 atom stereocenters. The molecular weight excluding hydrogens is 372 g/mol. The second-order valence-corrected chi connectivity index (χ2v) is 7.91. The van der Waals surface area contributed by atoms with Gasteiger partial charge in [-0.25, -0.2) is 0 Å². The Labute approximate surface area is 169 Å². The molecule has 0 saturated heterocycles. The standard InChI is InChI=1S/C22H26N2O3S/c1-2-24(22(27)18-10-9-16-6-3-4-7-17(16)18)14-13-23-21(26)12-11-19(25)20-8-5-15-28-20/h3-8,15,18H,2,9-14H2,1H3,(H,23,26)/t18-/m1/s1. The van der Waals surface area contributed by atoms with Gasteiger partial charge in [-0.1, -0.05) is 30.3 Å². The Kier molecular flexibility index (Phi) is 6.98. The molecule has 0 radical (unpaired) electrons. The van der Waals surface area contributed by atoms with Gasteiger partial charge in [0.2, 0.25) is 11.8 Å². The lowest BCUT2D eigenvalue weighted by atomic mass is 10.00. The number of nitrogens with zero attached hydrogens (tertiary/aromatic N) is 1. The summed E-state index contributed by atoms with van der Waals surface area (Å²) in [5, 5.41) is 4.68. The van der Waals surface area contributed by atoms with Crippen molar-refractivity contribution in [3.8, 4) is 0 Å². The number of thiophene rings is 1. The first kappa shape index (κ1) is 20.3. The summed E-state index contributed by atoms with van der Waals surface area (Å²) >= 11 is 1.39. The second-order valence-electron chi connectivity index (χ2n) is 6.96. The normalized spacial score (nSPS) is 15.1. The second kappa shape index (κ2) is 9.64. The van der Waals surface area contributed by atoms with E-state index in [-0.39, 0.29) is 36.4 Å². The Hall–Kier alpha value is -2.47. The van der Waals surface area contributed by atoms with Crippen LogP contribution in [0.3, 0.4) is 0 Å². The van der Waals surface area contributed by atoms with Gasteiger partial charge >= 0.3 is 0 Å². The Morgan fingerprint density at radius 3 is 2.71 bits per heavy atom. The summed E-state index contributed by atoms with van der Waals surface area (Å²) in [5.41, 5.74) is 2.41. The summed E-state index contributed by atoms with van der Waals surface area (Å²) in [6.07, 6.45) is 2.18. The Morgan fingerprint density at radius 1 is 1.14 bits per heavy atom. The number of ketones is 1. The number of likely N-dealkylation sites (N-methyl/N-ethyl adjacent to an activating group) is 1. The molecule has 5 nitrogen and oxygen atoms in total. The topological polar surface area (TPSA) is 66.5 Å². The van der Waals surface area contributed by atoms with Crippen LogP contribution in [0.15, 0.2) is 41.8 Å². The predicted molar refractivity (Wildman–Crippen MR) is 111 cm³/mol. The number of hydrogen-bond donors (Lipinski definition) is 1. The van der Waals surface area contributed by atoms with E-state index in [1.165, 1.54) is 16.9 Å². The van der Waals surface area contributed by atoms with Crippen LogP contribution in [0.5, 0.6) is 0 Å². The molecule has 148 valence electrons. The summed E-state index contributed by atoms with van der Waals surface area (Å²) in [7, 11) is 0. The maximum atomic E-state index is 12.9. The van der Waals surface area contributed by atoms with E-state index in [0.29, 0.717) is 24.5 Å². The van der Waals surface area contributed by atoms with Crippen LogP contribution in [-0.4, -0.2) is 42.1 Å². The molecule has 0 spiro atoms. The highest BCUT2D eigenvalue weighted by atomic mass is 32.1. The van der Waals surface area contributed by atoms with Gasteiger partial charge in [0.1, 0.15) is 0 Å². The van der Waals surface area contributed by atoms with Crippen LogP contribution in [0.4, 0.5) is 0 Å². The van der Waals surface area contributed by atoms with E-state index in [1.54, 1.807) is 6.07 Å². The highest BCUT2D eigenvalue weighted by molar-refractivity contribution is 7.12. The molecule has 0 bridgehead atoms. The zero-order valence-electron chi connectivity index (χ0n) is 16.1. The zero-order chi connectivity index (χ0) is 19.9. The molecule has 1 heterocycles. The lowest BCUT2D eigenvalue weighted by Crippen LogP contribution is -2.40. The number of nitrogens with one attached hydrogen (secondary N) is 1. The monoisotopic (exact) mass is 398 g/mol. The average molecular weight is 399 g/mol. The summed E-state index contributed by atoms with van der Waals surface area (Å²) in [6, 6.07) is 11.7. The molecule has 2 aromatic rings. The van der Waals surface area contributed by atoms with Crippen molar-refractivity contribution in [3.63, 3.8) is 0 Å². The van der Waals surface area contributed by atoms with Gasteiger partial charge in [-0.3, -0.25) is 14.4 Å². The van der Waals surface area contributed by atoms with Crippen molar-refractivity contribution in [3.05, 3.63) is 57.8 Å². The molecule has 1 aromatic carbocycles. The minimum absolute atomic E-state index is 0.00425. The molecule has 1 aromatic heterocycles. The molecule has 0 aliphatic heterocycles. The maximum absolute atomic E-state index is 12.9. The third kappa shape index (κ3) is 4.87.